The smallest absolute Gasteiger partial charge is 0.0298 e. The van der Waals surface area contributed by atoms with E-state index in [2.05, 4.69) is 25.1 Å². The van der Waals surface area contributed by atoms with Crippen molar-refractivity contribution in [3.63, 3.8) is 0 Å². The van der Waals surface area contributed by atoms with E-state index in [4.69, 9.17) is 5.73 Å². The molecule has 0 aliphatic heterocycles. The van der Waals surface area contributed by atoms with Gasteiger partial charge in [0.05, 0.1) is 0 Å². The molecule has 0 saturated heterocycles. The number of benzene rings is 1. The minimum Gasteiger partial charge on any atom is -0.324 e. The maximum atomic E-state index is 6.19. The lowest BCUT2D eigenvalue weighted by molar-refractivity contribution is 0.478. The van der Waals surface area contributed by atoms with Crippen LogP contribution in [0.15, 0.2) is 18.2 Å². The first kappa shape index (κ1) is 9.41. The molecule has 2 aliphatic carbocycles. The van der Waals surface area contributed by atoms with Crippen molar-refractivity contribution in [2.75, 3.05) is 0 Å². The third-order valence-electron chi connectivity index (χ3n) is 4.28. The molecule has 0 amide bonds. The summed E-state index contributed by atoms with van der Waals surface area (Å²) < 4.78 is 0. The Balaban J connectivity index is 2.12. The third-order valence-corrected chi connectivity index (χ3v) is 4.28. The fraction of sp³-hybridized carbons (Fsp3) is 0.571. The van der Waals surface area contributed by atoms with Gasteiger partial charge in [0.2, 0.25) is 0 Å². The number of aryl methyl sites for hydroxylation is 1. The van der Waals surface area contributed by atoms with Gasteiger partial charge in [0.25, 0.3) is 0 Å². The molecule has 1 unspecified atom stereocenters. The predicted octanol–water partition coefficient (Wildman–Crippen LogP) is 3.07. The van der Waals surface area contributed by atoms with Crippen LogP contribution in [-0.4, -0.2) is 0 Å². The van der Waals surface area contributed by atoms with Crippen LogP contribution >= 0.6 is 0 Å². The van der Waals surface area contributed by atoms with E-state index in [1.807, 2.05) is 0 Å². The van der Waals surface area contributed by atoms with Gasteiger partial charge < -0.3 is 5.73 Å². The van der Waals surface area contributed by atoms with E-state index >= 15 is 0 Å². The predicted molar refractivity (Wildman–Crippen MR) is 62.9 cm³/mol. The van der Waals surface area contributed by atoms with Gasteiger partial charge in [-0.1, -0.05) is 25.1 Å². The minimum absolute atomic E-state index is 0.289. The van der Waals surface area contributed by atoms with Gasteiger partial charge in [-0.3, -0.25) is 0 Å². The molecule has 1 spiro atoms. The lowest BCUT2D eigenvalue weighted by Gasteiger charge is -2.30. The highest BCUT2D eigenvalue weighted by molar-refractivity contribution is 5.45. The van der Waals surface area contributed by atoms with Crippen LogP contribution in [0.4, 0.5) is 0 Å². The van der Waals surface area contributed by atoms with Crippen molar-refractivity contribution in [2.24, 2.45) is 5.73 Å². The number of hydrogen-bond donors (Lipinski definition) is 1. The second-order valence-corrected chi connectivity index (χ2v) is 5.20. The minimum atomic E-state index is 0.289. The zero-order valence-electron chi connectivity index (χ0n) is 9.42. The molecule has 1 fully saturated rings. The van der Waals surface area contributed by atoms with Crippen molar-refractivity contribution in [3.8, 4) is 0 Å². The average molecular weight is 201 g/mol. The molecule has 2 aliphatic rings. The van der Waals surface area contributed by atoms with Crippen LogP contribution in [0.25, 0.3) is 0 Å². The van der Waals surface area contributed by atoms with E-state index in [1.165, 1.54) is 36.8 Å². The average Bonchev–Trinajstić information content (AvgIpc) is 3.05. The summed E-state index contributed by atoms with van der Waals surface area (Å²) in [6.45, 7) is 2.23. The van der Waals surface area contributed by atoms with Crippen molar-refractivity contribution >= 4 is 0 Å². The highest BCUT2D eigenvalue weighted by Crippen LogP contribution is 2.57. The molecule has 0 aromatic heterocycles. The van der Waals surface area contributed by atoms with Gasteiger partial charge in [0, 0.05) is 6.04 Å². The molecular weight excluding hydrogens is 182 g/mol. The molecule has 1 aromatic rings. The topological polar surface area (TPSA) is 26.0 Å². The largest absolute Gasteiger partial charge is 0.324 e. The Morgan fingerprint density at radius 2 is 2.13 bits per heavy atom. The quantitative estimate of drug-likeness (QED) is 0.742. The summed E-state index contributed by atoms with van der Waals surface area (Å²) in [5, 5.41) is 0. The molecule has 2 N–H and O–H groups in total. The van der Waals surface area contributed by atoms with Crippen molar-refractivity contribution in [1.29, 1.82) is 0 Å². The van der Waals surface area contributed by atoms with Gasteiger partial charge in [-0.25, -0.2) is 0 Å². The summed E-state index contributed by atoms with van der Waals surface area (Å²) in [7, 11) is 0. The van der Waals surface area contributed by atoms with Gasteiger partial charge in [0.1, 0.15) is 0 Å². The first-order valence-corrected chi connectivity index (χ1v) is 6.14. The fourth-order valence-corrected chi connectivity index (χ4v) is 3.00. The van der Waals surface area contributed by atoms with Gasteiger partial charge in [0.15, 0.2) is 0 Å². The third kappa shape index (κ3) is 1.33. The van der Waals surface area contributed by atoms with E-state index in [-0.39, 0.29) is 6.04 Å². The zero-order valence-corrected chi connectivity index (χ0v) is 9.42. The SMILES string of the molecule is CCc1ccc2c(c1)C1(CCC2N)CC1. The monoisotopic (exact) mass is 201 g/mol. The Bertz CT molecular complexity index is 390. The van der Waals surface area contributed by atoms with Gasteiger partial charge in [-0.15, -0.1) is 0 Å². The molecule has 0 radical (unpaired) electrons. The van der Waals surface area contributed by atoms with E-state index in [1.54, 1.807) is 5.56 Å². The molecule has 3 rings (SSSR count). The second kappa shape index (κ2) is 3.08. The van der Waals surface area contributed by atoms with Crippen molar-refractivity contribution in [2.45, 2.75) is 50.5 Å². The Morgan fingerprint density at radius 3 is 2.80 bits per heavy atom. The summed E-state index contributed by atoms with van der Waals surface area (Å²) in [5.41, 5.74) is 11.2. The number of hydrogen-bond acceptors (Lipinski definition) is 1. The molecule has 1 atom stereocenters. The Labute approximate surface area is 91.7 Å². The maximum absolute atomic E-state index is 6.19. The first-order chi connectivity index (χ1) is 7.25. The fourth-order valence-electron chi connectivity index (χ4n) is 3.00. The number of nitrogens with two attached hydrogens (primary N) is 1. The normalized spacial score (nSPS) is 26.4. The molecule has 1 saturated carbocycles. The van der Waals surface area contributed by atoms with Crippen LogP contribution < -0.4 is 5.73 Å². The molecule has 1 aromatic carbocycles. The Morgan fingerprint density at radius 1 is 1.33 bits per heavy atom. The van der Waals surface area contributed by atoms with Crippen LogP contribution in [0.5, 0.6) is 0 Å². The van der Waals surface area contributed by atoms with Crippen LogP contribution in [0.1, 0.15) is 55.3 Å². The lowest BCUT2D eigenvalue weighted by Crippen LogP contribution is -2.24. The van der Waals surface area contributed by atoms with E-state index in [0.717, 1.165) is 6.42 Å². The van der Waals surface area contributed by atoms with Crippen LogP contribution in [0.2, 0.25) is 0 Å². The molecule has 15 heavy (non-hydrogen) atoms. The number of fused-ring (bicyclic) bond motifs is 2. The summed E-state index contributed by atoms with van der Waals surface area (Å²) in [6, 6.07) is 7.23. The Kier molecular flexibility index (Phi) is 1.93. The molecule has 1 heteroatoms. The van der Waals surface area contributed by atoms with Crippen LogP contribution in [-0.2, 0) is 11.8 Å². The van der Waals surface area contributed by atoms with E-state index in [0.29, 0.717) is 5.41 Å². The van der Waals surface area contributed by atoms with Crippen molar-refractivity contribution in [3.05, 3.63) is 34.9 Å². The highest BCUT2D eigenvalue weighted by atomic mass is 14.7. The zero-order chi connectivity index (χ0) is 10.5. The standard InChI is InChI=1S/C14H19N/c1-2-10-3-4-11-12(9-10)14(7-8-14)6-5-13(11)15/h3-4,9,13H,2,5-8,15H2,1H3. The van der Waals surface area contributed by atoms with Crippen LogP contribution in [0, 0.1) is 0 Å². The summed E-state index contributed by atoms with van der Waals surface area (Å²) in [5.74, 6) is 0. The second-order valence-electron chi connectivity index (χ2n) is 5.20. The number of rotatable bonds is 1. The van der Waals surface area contributed by atoms with Crippen molar-refractivity contribution < 1.29 is 0 Å². The molecule has 1 nitrogen and oxygen atoms in total. The summed E-state index contributed by atoms with van der Waals surface area (Å²) in [4.78, 5) is 0. The molecule has 80 valence electrons. The Hall–Kier alpha value is -0.820. The van der Waals surface area contributed by atoms with Crippen LogP contribution in [0.3, 0.4) is 0 Å². The maximum Gasteiger partial charge on any atom is 0.0298 e. The van der Waals surface area contributed by atoms with E-state index in [9.17, 15) is 0 Å². The highest BCUT2D eigenvalue weighted by Gasteiger charge is 2.47. The van der Waals surface area contributed by atoms with Gasteiger partial charge >= 0.3 is 0 Å². The van der Waals surface area contributed by atoms with Gasteiger partial charge in [-0.05, 0) is 54.2 Å². The first-order valence-electron chi connectivity index (χ1n) is 6.14. The van der Waals surface area contributed by atoms with E-state index < -0.39 is 0 Å². The summed E-state index contributed by atoms with van der Waals surface area (Å²) >= 11 is 0. The molecule has 0 bridgehead atoms. The molecular formula is C14H19N. The lowest BCUT2D eigenvalue weighted by atomic mass is 9.77. The van der Waals surface area contributed by atoms with Crippen molar-refractivity contribution in [1.82, 2.24) is 0 Å². The molecule has 0 heterocycles. The van der Waals surface area contributed by atoms with Gasteiger partial charge in [-0.2, -0.15) is 0 Å². The summed E-state index contributed by atoms with van der Waals surface area (Å²) in [6.07, 6.45) is 6.41.